The second-order valence-corrected chi connectivity index (χ2v) is 4.41. The molecule has 0 radical (unpaired) electrons. The van der Waals surface area contributed by atoms with Gasteiger partial charge in [-0.3, -0.25) is 0 Å². The van der Waals surface area contributed by atoms with E-state index in [1.54, 1.807) is 11.8 Å². The van der Waals surface area contributed by atoms with Crippen LogP contribution in [0, 0.1) is 0 Å². The number of thioether (sulfide) groups is 1. The third-order valence-electron chi connectivity index (χ3n) is 1.73. The summed E-state index contributed by atoms with van der Waals surface area (Å²) in [7, 11) is 1.91. The van der Waals surface area contributed by atoms with E-state index in [1.165, 1.54) is 5.56 Å². The zero-order valence-corrected chi connectivity index (χ0v) is 9.66. The third kappa shape index (κ3) is 3.50. The fourth-order valence-electron chi connectivity index (χ4n) is 1.13. The highest BCUT2D eigenvalue weighted by Gasteiger charge is 2.01. The summed E-state index contributed by atoms with van der Waals surface area (Å²) in [4.78, 5) is 1.03. The second kappa shape index (κ2) is 6.30. The van der Waals surface area contributed by atoms with Gasteiger partial charge in [-0.1, -0.05) is 17.7 Å². The largest absolute Gasteiger partial charge is 0.396 e. The normalized spacial score (nSPS) is 10.5. The van der Waals surface area contributed by atoms with E-state index in [1.807, 2.05) is 25.2 Å². The Balaban J connectivity index is 2.68. The average molecular weight is 232 g/mol. The van der Waals surface area contributed by atoms with Gasteiger partial charge in [0.2, 0.25) is 0 Å². The van der Waals surface area contributed by atoms with E-state index in [9.17, 15) is 0 Å². The van der Waals surface area contributed by atoms with Crippen molar-refractivity contribution in [2.45, 2.75) is 11.4 Å². The van der Waals surface area contributed by atoms with Crippen molar-refractivity contribution in [1.29, 1.82) is 0 Å². The Morgan fingerprint density at radius 1 is 1.50 bits per heavy atom. The molecule has 2 nitrogen and oxygen atoms in total. The molecule has 2 N–H and O–H groups in total. The molecule has 0 saturated heterocycles. The van der Waals surface area contributed by atoms with Gasteiger partial charge in [0, 0.05) is 17.2 Å². The van der Waals surface area contributed by atoms with Gasteiger partial charge in [0.05, 0.1) is 11.6 Å². The molecule has 0 aliphatic rings. The predicted molar refractivity (Wildman–Crippen MR) is 62.0 cm³/mol. The number of halogens is 1. The number of rotatable bonds is 5. The lowest BCUT2D eigenvalue weighted by molar-refractivity contribution is 0.322. The molecule has 0 bridgehead atoms. The molecular formula is C10H14ClNOS. The van der Waals surface area contributed by atoms with Gasteiger partial charge in [-0.2, -0.15) is 0 Å². The van der Waals surface area contributed by atoms with Crippen LogP contribution in [-0.4, -0.2) is 24.5 Å². The summed E-state index contributed by atoms with van der Waals surface area (Å²) >= 11 is 7.64. The van der Waals surface area contributed by atoms with Crippen LogP contribution < -0.4 is 5.32 Å². The van der Waals surface area contributed by atoms with Crippen molar-refractivity contribution in [3.63, 3.8) is 0 Å². The first-order valence-corrected chi connectivity index (χ1v) is 5.81. The van der Waals surface area contributed by atoms with Gasteiger partial charge in [-0.15, -0.1) is 11.8 Å². The molecule has 1 aromatic carbocycles. The maximum absolute atomic E-state index is 8.68. The Morgan fingerprint density at radius 3 is 2.86 bits per heavy atom. The van der Waals surface area contributed by atoms with Crippen LogP contribution in [0.1, 0.15) is 5.56 Å². The lowest BCUT2D eigenvalue weighted by atomic mass is 10.2. The summed E-state index contributed by atoms with van der Waals surface area (Å²) in [5.41, 5.74) is 1.17. The molecule has 14 heavy (non-hydrogen) atoms. The van der Waals surface area contributed by atoms with Crippen molar-refractivity contribution in [1.82, 2.24) is 5.32 Å². The minimum absolute atomic E-state index is 0.180. The highest BCUT2D eigenvalue weighted by molar-refractivity contribution is 7.99. The van der Waals surface area contributed by atoms with Crippen molar-refractivity contribution in [3.05, 3.63) is 28.8 Å². The highest BCUT2D eigenvalue weighted by atomic mass is 35.5. The minimum atomic E-state index is 0.180. The van der Waals surface area contributed by atoms with Gasteiger partial charge >= 0.3 is 0 Å². The topological polar surface area (TPSA) is 32.3 Å². The van der Waals surface area contributed by atoms with Crippen molar-refractivity contribution >= 4 is 23.4 Å². The van der Waals surface area contributed by atoms with Gasteiger partial charge in [-0.25, -0.2) is 0 Å². The van der Waals surface area contributed by atoms with Crippen molar-refractivity contribution in [2.75, 3.05) is 19.4 Å². The number of nitrogens with one attached hydrogen (secondary N) is 1. The number of hydrogen-bond donors (Lipinski definition) is 2. The second-order valence-electron chi connectivity index (χ2n) is 2.87. The zero-order valence-electron chi connectivity index (χ0n) is 8.09. The molecule has 4 heteroatoms. The summed E-state index contributed by atoms with van der Waals surface area (Å²) in [5, 5.41) is 12.5. The SMILES string of the molecule is CNCc1ccc(SCCO)c(Cl)c1. The van der Waals surface area contributed by atoms with Crippen molar-refractivity contribution in [2.24, 2.45) is 0 Å². The smallest absolute Gasteiger partial charge is 0.0545 e. The molecule has 0 aromatic heterocycles. The summed E-state index contributed by atoms with van der Waals surface area (Å²) in [5.74, 6) is 0.686. The van der Waals surface area contributed by atoms with Crippen molar-refractivity contribution in [3.8, 4) is 0 Å². The monoisotopic (exact) mass is 231 g/mol. The van der Waals surface area contributed by atoms with Gasteiger partial charge in [0.25, 0.3) is 0 Å². The first kappa shape index (κ1) is 11.9. The van der Waals surface area contributed by atoms with Gasteiger partial charge in [-0.05, 0) is 24.7 Å². The molecule has 0 aliphatic carbocycles. The van der Waals surface area contributed by atoms with E-state index in [-0.39, 0.29) is 6.61 Å². The molecule has 0 fully saturated rings. The van der Waals surface area contributed by atoms with E-state index in [2.05, 4.69) is 5.32 Å². The fourth-order valence-corrected chi connectivity index (χ4v) is 2.17. The molecule has 0 aliphatic heterocycles. The lowest BCUT2D eigenvalue weighted by Crippen LogP contribution is -2.04. The third-order valence-corrected chi connectivity index (χ3v) is 3.20. The Hall–Kier alpha value is -0.220. The van der Waals surface area contributed by atoms with E-state index >= 15 is 0 Å². The van der Waals surface area contributed by atoms with Crippen molar-refractivity contribution < 1.29 is 5.11 Å². The van der Waals surface area contributed by atoms with Crippen LogP contribution in [0.25, 0.3) is 0 Å². The van der Waals surface area contributed by atoms with Crippen LogP contribution in [-0.2, 0) is 6.54 Å². The van der Waals surface area contributed by atoms with Crippen LogP contribution in [0.15, 0.2) is 23.1 Å². The van der Waals surface area contributed by atoms with E-state index in [0.717, 1.165) is 16.5 Å². The molecule has 0 atom stereocenters. The number of benzene rings is 1. The maximum Gasteiger partial charge on any atom is 0.0545 e. The molecule has 0 spiro atoms. The fraction of sp³-hybridized carbons (Fsp3) is 0.400. The Morgan fingerprint density at radius 2 is 2.29 bits per heavy atom. The van der Waals surface area contributed by atoms with E-state index in [0.29, 0.717) is 5.75 Å². The van der Waals surface area contributed by atoms with Crippen LogP contribution in [0.5, 0.6) is 0 Å². The number of aliphatic hydroxyl groups is 1. The van der Waals surface area contributed by atoms with Gasteiger partial charge in [0.1, 0.15) is 0 Å². The van der Waals surface area contributed by atoms with Gasteiger partial charge in [0.15, 0.2) is 0 Å². The number of hydrogen-bond acceptors (Lipinski definition) is 3. The summed E-state index contributed by atoms with van der Waals surface area (Å²) < 4.78 is 0. The molecule has 78 valence electrons. The van der Waals surface area contributed by atoms with Crippen LogP contribution in [0.3, 0.4) is 0 Å². The quantitative estimate of drug-likeness (QED) is 0.762. The molecule has 1 rings (SSSR count). The molecule has 0 amide bonds. The molecule has 1 aromatic rings. The van der Waals surface area contributed by atoms with Gasteiger partial charge < -0.3 is 10.4 Å². The molecular weight excluding hydrogens is 218 g/mol. The van der Waals surface area contributed by atoms with E-state index in [4.69, 9.17) is 16.7 Å². The minimum Gasteiger partial charge on any atom is -0.396 e. The molecule has 0 saturated carbocycles. The van der Waals surface area contributed by atoms with E-state index < -0.39 is 0 Å². The average Bonchev–Trinajstić information content (AvgIpc) is 2.17. The Labute approximate surface area is 93.7 Å². The highest BCUT2D eigenvalue weighted by Crippen LogP contribution is 2.27. The first-order valence-electron chi connectivity index (χ1n) is 4.44. The molecule has 0 heterocycles. The summed E-state index contributed by atoms with van der Waals surface area (Å²) in [6.07, 6.45) is 0. The zero-order chi connectivity index (χ0) is 10.4. The maximum atomic E-state index is 8.68. The summed E-state index contributed by atoms with van der Waals surface area (Å²) in [6, 6.07) is 6.00. The Kier molecular flexibility index (Phi) is 5.33. The summed E-state index contributed by atoms with van der Waals surface area (Å²) in [6.45, 7) is 1.00. The first-order chi connectivity index (χ1) is 6.77. The van der Waals surface area contributed by atoms with Crippen LogP contribution >= 0.6 is 23.4 Å². The van der Waals surface area contributed by atoms with Crippen LogP contribution in [0.4, 0.5) is 0 Å². The standard InChI is InChI=1S/C10H14ClNOS/c1-12-7-8-2-3-10(9(11)6-8)14-5-4-13/h2-3,6,12-13H,4-5,7H2,1H3. The lowest BCUT2D eigenvalue weighted by Gasteiger charge is -2.05. The Bertz CT molecular complexity index is 293. The predicted octanol–water partition coefficient (Wildman–Crippen LogP) is 2.14. The molecule has 0 unspecified atom stereocenters. The number of aliphatic hydroxyl groups excluding tert-OH is 1. The van der Waals surface area contributed by atoms with Crippen LogP contribution in [0.2, 0.25) is 5.02 Å².